The van der Waals surface area contributed by atoms with Crippen molar-refractivity contribution in [3.63, 3.8) is 0 Å². The second-order valence-electron chi connectivity index (χ2n) is 11.6. The highest BCUT2D eigenvalue weighted by molar-refractivity contribution is 5.96. The molecule has 42 heavy (non-hydrogen) atoms. The number of nitrogens with zero attached hydrogens (tertiary/aromatic N) is 3. The SMILES string of the molecule is COc1ccc2cnc(N3CCC4(CC3)CNc3ccc(-c5ccc(-c6cccc7ccccc67)cc5)cc34)nc2c1. The van der Waals surface area contributed by atoms with E-state index in [2.05, 4.69) is 95.1 Å². The lowest BCUT2D eigenvalue weighted by molar-refractivity contribution is 0.360. The van der Waals surface area contributed by atoms with Gasteiger partial charge in [0.25, 0.3) is 0 Å². The molecule has 8 rings (SSSR count). The first kappa shape index (κ1) is 24.9. The fourth-order valence-corrected chi connectivity index (χ4v) is 6.85. The first-order valence-corrected chi connectivity index (χ1v) is 14.7. The zero-order valence-electron chi connectivity index (χ0n) is 23.7. The van der Waals surface area contributed by atoms with Gasteiger partial charge in [-0.25, -0.2) is 9.97 Å². The Morgan fingerprint density at radius 2 is 1.55 bits per heavy atom. The molecule has 2 aliphatic rings. The van der Waals surface area contributed by atoms with Gasteiger partial charge in [-0.1, -0.05) is 72.8 Å². The lowest BCUT2D eigenvalue weighted by Gasteiger charge is -2.39. The first-order valence-electron chi connectivity index (χ1n) is 14.7. The van der Waals surface area contributed by atoms with E-state index in [0.29, 0.717) is 0 Å². The van der Waals surface area contributed by atoms with E-state index in [1.165, 1.54) is 44.3 Å². The molecule has 5 aromatic carbocycles. The number of fused-ring (bicyclic) bond motifs is 4. The number of nitrogens with one attached hydrogen (secondary N) is 1. The third-order valence-electron chi connectivity index (χ3n) is 9.31. The molecule has 0 atom stereocenters. The number of hydrogen-bond donors (Lipinski definition) is 1. The van der Waals surface area contributed by atoms with Gasteiger partial charge in [-0.2, -0.15) is 0 Å². The van der Waals surface area contributed by atoms with Gasteiger partial charge in [0.05, 0.1) is 12.6 Å². The van der Waals surface area contributed by atoms with Crippen LogP contribution in [0, 0.1) is 0 Å². The molecule has 6 aromatic rings. The summed E-state index contributed by atoms with van der Waals surface area (Å²) in [5.41, 5.74) is 8.82. The van der Waals surface area contributed by atoms with Crippen LogP contribution in [0.4, 0.5) is 11.6 Å². The van der Waals surface area contributed by atoms with Crippen LogP contribution >= 0.6 is 0 Å². The van der Waals surface area contributed by atoms with Crippen molar-refractivity contribution >= 4 is 33.3 Å². The number of rotatable bonds is 4. The van der Waals surface area contributed by atoms with Gasteiger partial charge in [0.1, 0.15) is 5.75 Å². The normalized spacial score (nSPS) is 15.6. The second kappa shape index (κ2) is 9.88. The van der Waals surface area contributed by atoms with Gasteiger partial charge < -0.3 is 15.0 Å². The molecule has 0 aliphatic carbocycles. The Balaban J connectivity index is 1.04. The average Bonchev–Trinajstić information content (AvgIpc) is 3.41. The number of piperidine rings is 1. The monoisotopic (exact) mass is 548 g/mol. The maximum absolute atomic E-state index is 5.41. The number of aromatic nitrogens is 2. The third-order valence-corrected chi connectivity index (χ3v) is 9.31. The van der Waals surface area contributed by atoms with E-state index < -0.39 is 0 Å². The zero-order valence-corrected chi connectivity index (χ0v) is 23.7. The lowest BCUT2D eigenvalue weighted by atomic mass is 9.74. The molecule has 5 heteroatoms. The first-order chi connectivity index (χ1) is 20.7. The Morgan fingerprint density at radius 1 is 0.762 bits per heavy atom. The van der Waals surface area contributed by atoms with Gasteiger partial charge in [0.2, 0.25) is 5.95 Å². The second-order valence-corrected chi connectivity index (χ2v) is 11.6. The minimum absolute atomic E-state index is 0.130. The highest BCUT2D eigenvalue weighted by Gasteiger charge is 2.42. The van der Waals surface area contributed by atoms with Crippen molar-refractivity contribution in [3.8, 4) is 28.0 Å². The van der Waals surface area contributed by atoms with Crippen molar-refractivity contribution in [2.24, 2.45) is 0 Å². The van der Waals surface area contributed by atoms with Crippen LogP contribution in [0.1, 0.15) is 18.4 Å². The van der Waals surface area contributed by atoms with Crippen LogP contribution < -0.4 is 15.0 Å². The fraction of sp³-hybridized carbons (Fsp3) is 0.189. The van der Waals surface area contributed by atoms with Crippen molar-refractivity contribution in [1.82, 2.24) is 9.97 Å². The largest absolute Gasteiger partial charge is 0.497 e. The summed E-state index contributed by atoms with van der Waals surface area (Å²) in [4.78, 5) is 11.9. The molecule has 1 aromatic heterocycles. The number of methoxy groups -OCH3 is 1. The van der Waals surface area contributed by atoms with Crippen molar-refractivity contribution in [2.75, 3.05) is 37.0 Å². The van der Waals surface area contributed by atoms with Crippen LogP contribution in [0.25, 0.3) is 43.9 Å². The topological polar surface area (TPSA) is 50.3 Å². The summed E-state index contributed by atoms with van der Waals surface area (Å²) in [7, 11) is 1.69. The quantitative estimate of drug-likeness (QED) is 0.241. The molecule has 0 amide bonds. The zero-order chi connectivity index (χ0) is 28.1. The molecular formula is C37H32N4O. The molecule has 1 spiro atoms. The van der Waals surface area contributed by atoms with E-state index in [1.807, 2.05) is 24.4 Å². The highest BCUT2D eigenvalue weighted by Crippen LogP contribution is 2.46. The Hall–Kier alpha value is -4.90. The van der Waals surface area contributed by atoms with E-state index in [0.717, 1.165) is 55.1 Å². The lowest BCUT2D eigenvalue weighted by Crippen LogP contribution is -2.44. The number of ether oxygens (including phenoxy) is 1. The van der Waals surface area contributed by atoms with Crippen molar-refractivity contribution in [1.29, 1.82) is 0 Å². The van der Waals surface area contributed by atoms with Crippen molar-refractivity contribution in [2.45, 2.75) is 18.3 Å². The van der Waals surface area contributed by atoms with Gasteiger partial charge in [0, 0.05) is 48.4 Å². The third kappa shape index (κ3) is 4.16. The van der Waals surface area contributed by atoms with Crippen LogP contribution in [0.3, 0.4) is 0 Å². The van der Waals surface area contributed by atoms with Crippen LogP contribution in [-0.2, 0) is 5.41 Å². The van der Waals surface area contributed by atoms with E-state index >= 15 is 0 Å². The molecule has 2 aliphatic heterocycles. The Labute approximate surface area is 245 Å². The highest BCUT2D eigenvalue weighted by atomic mass is 16.5. The number of anilines is 2. The molecule has 3 heterocycles. The minimum Gasteiger partial charge on any atom is -0.497 e. The number of benzene rings is 5. The summed E-state index contributed by atoms with van der Waals surface area (Å²) in [6.07, 6.45) is 4.05. The van der Waals surface area contributed by atoms with Crippen LogP contribution in [-0.4, -0.2) is 36.7 Å². The predicted octanol–water partition coefficient (Wildman–Crippen LogP) is 8.09. The minimum atomic E-state index is 0.130. The van der Waals surface area contributed by atoms with Gasteiger partial charge in [-0.15, -0.1) is 0 Å². The molecule has 1 saturated heterocycles. The van der Waals surface area contributed by atoms with Crippen molar-refractivity contribution < 1.29 is 4.74 Å². The Bertz CT molecular complexity index is 1940. The molecular weight excluding hydrogens is 516 g/mol. The molecule has 206 valence electrons. The molecule has 5 nitrogen and oxygen atoms in total. The van der Waals surface area contributed by atoms with Crippen LogP contribution in [0.15, 0.2) is 109 Å². The molecule has 1 fully saturated rings. The Morgan fingerprint density at radius 3 is 2.40 bits per heavy atom. The molecule has 1 N–H and O–H groups in total. The van der Waals surface area contributed by atoms with E-state index in [1.54, 1.807) is 7.11 Å². The van der Waals surface area contributed by atoms with Crippen LogP contribution in [0.2, 0.25) is 0 Å². The summed E-state index contributed by atoms with van der Waals surface area (Å²) in [5.74, 6) is 1.62. The molecule has 0 radical (unpaired) electrons. The van der Waals surface area contributed by atoms with E-state index in [-0.39, 0.29) is 5.41 Å². The maximum atomic E-state index is 5.41. The predicted molar refractivity (Wildman–Crippen MR) is 173 cm³/mol. The summed E-state index contributed by atoms with van der Waals surface area (Å²) in [5, 5.41) is 7.30. The summed E-state index contributed by atoms with van der Waals surface area (Å²) in [6, 6.07) is 37.1. The maximum Gasteiger partial charge on any atom is 0.225 e. The molecule has 0 saturated carbocycles. The fourth-order valence-electron chi connectivity index (χ4n) is 6.85. The summed E-state index contributed by atoms with van der Waals surface area (Å²) in [6.45, 7) is 2.84. The van der Waals surface area contributed by atoms with Gasteiger partial charge in [-0.3, -0.25) is 0 Å². The molecule has 0 unspecified atom stereocenters. The summed E-state index contributed by atoms with van der Waals surface area (Å²) < 4.78 is 5.41. The van der Waals surface area contributed by atoms with Crippen LogP contribution in [0.5, 0.6) is 5.75 Å². The van der Waals surface area contributed by atoms with E-state index in [4.69, 9.17) is 14.7 Å². The smallest absolute Gasteiger partial charge is 0.225 e. The van der Waals surface area contributed by atoms with Crippen molar-refractivity contribution in [3.05, 3.63) is 115 Å². The summed E-state index contributed by atoms with van der Waals surface area (Å²) >= 11 is 0. The van der Waals surface area contributed by atoms with E-state index in [9.17, 15) is 0 Å². The van der Waals surface area contributed by atoms with Gasteiger partial charge in [0.15, 0.2) is 0 Å². The molecule has 0 bridgehead atoms. The number of hydrogen-bond acceptors (Lipinski definition) is 5. The average molecular weight is 549 g/mol. The Kier molecular flexibility index (Phi) is 5.85. The van der Waals surface area contributed by atoms with Gasteiger partial charge in [-0.05, 0) is 75.7 Å². The van der Waals surface area contributed by atoms with Gasteiger partial charge >= 0.3 is 0 Å². The standard InChI is InChI=1S/C37H32N4O/c1-42-30-15-13-29-23-38-36(40-35(29)22-30)41-19-17-37(18-20-41)24-39-34-16-14-28(21-33(34)37)25-9-11-27(12-10-25)32-8-4-6-26-5-2-3-7-31(26)32/h2-16,21-23,39H,17-20,24H2,1H3.